The van der Waals surface area contributed by atoms with Crippen molar-refractivity contribution in [3.05, 3.63) is 29.3 Å². The summed E-state index contributed by atoms with van der Waals surface area (Å²) in [6.07, 6.45) is 0.122. The molecule has 1 saturated heterocycles. The largest absolute Gasteiger partial charge is 0.457 e. The number of ether oxygens (including phenoxy) is 1. The Morgan fingerprint density at radius 3 is 2.84 bits per heavy atom. The van der Waals surface area contributed by atoms with Crippen LogP contribution in [0.15, 0.2) is 18.2 Å². The van der Waals surface area contributed by atoms with Crippen molar-refractivity contribution in [2.45, 2.75) is 13.0 Å². The number of hydrogen-bond acceptors (Lipinski definition) is 4. The van der Waals surface area contributed by atoms with Gasteiger partial charge in [-0.05, 0) is 12.1 Å². The molecule has 1 aromatic carbocycles. The van der Waals surface area contributed by atoms with E-state index in [1.54, 1.807) is 18.2 Å². The van der Waals surface area contributed by atoms with Gasteiger partial charge in [-0.3, -0.25) is 9.59 Å². The number of nitrogens with two attached hydrogens (primary N) is 1. The Kier molecular flexibility index (Phi) is 2.51. The zero-order valence-electron chi connectivity index (χ0n) is 10.1. The molecular weight excluding hydrogens is 248 g/mol. The summed E-state index contributed by atoms with van der Waals surface area (Å²) in [5.74, 6) is -1.48. The van der Waals surface area contributed by atoms with Gasteiger partial charge in [-0.25, -0.2) is 4.79 Å². The molecule has 0 bridgehead atoms. The van der Waals surface area contributed by atoms with E-state index in [0.717, 1.165) is 5.56 Å². The van der Waals surface area contributed by atoms with Gasteiger partial charge in [0.05, 0.1) is 11.5 Å². The molecular formula is C13H12N2O4. The molecule has 1 unspecified atom stereocenters. The Bertz CT molecular complexity index is 596. The van der Waals surface area contributed by atoms with Crippen LogP contribution in [-0.2, 0) is 20.9 Å². The Balaban J connectivity index is 1.91. The van der Waals surface area contributed by atoms with Crippen molar-refractivity contribution in [3.63, 3.8) is 0 Å². The SMILES string of the molecule is NC(=O)C1CC(=O)N(c2ccc3c(c2)C(=O)OC3)C1. The Morgan fingerprint density at radius 1 is 1.37 bits per heavy atom. The maximum Gasteiger partial charge on any atom is 0.338 e. The molecule has 98 valence electrons. The summed E-state index contributed by atoms with van der Waals surface area (Å²) in [5, 5.41) is 0. The first-order valence-electron chi connectivity index (χ1n) is 5.96. The number of carbonyl (C=O) groups excluding carboxylic acids is 3. The smallest absolute Gasteiger partial charge is 0.338 e. The highest BCUT2D eigenvalue weighted by atomic mass is 16.5. The number of esters is 1. The lowest BCUT2D eigenvalue weighted by Crippen LogP contribution is -2.28. The number of primary amides is 1. The number of benzene rings is 1. The number of rotatable bonds is 2. The fourth-order valence-corrected chi connectivity index (χ4v) is 2.42. The summed E-state index contributed by atoms with van der Waals surface area (Å²) in [6.45, 7) is 0.536. The van der Waals surface area contributed by atoms with Gasteiger partial charge in [-0.15, -0.1) is 0 Å². The molecule has 2 N–H and O–H groups in total. The second-order valence-corrected chi connectivity index (χ2v) is 4.73. The van der Waals surface area contributed by atoms with E-state index < -0.39 is 11.8 Å². The molecule has 0 spiro atoms. The summed E-state index contributed by atoms with van der Waals surface area (Å²) in [4.78, 5) is 36.0. The second kappa shape index (κ2) is 4.08. The van der Waals surface area contributed by atoms with Crippen molar-refractivity contribution >= 4 is 23.5 Å². The average Bonchev–Trinajstić information content (AvgIpc) is 2.93. The van der Waals surface area contributed by atoms with Gasteiger partial charge in [0.15, 0.2) is 0 Å². The van der Waals surface area contributed by atoms with Crippen LogP contribution in [0.3, 0.4) is 0 Å². The van der Waals surface area contributed by atoms with Crippen molar-refractivity contribution in [1.29, 1.82) is 0 Å². The van der Waals surface area contributed by atoms with Crippen LogP contribution in [0.1, 0.15) is 22.3 Å². The molecule has 0 aromatic heterocycles. The maximum absolute atomic E-state index is 11.9. The fourth-order valence-electron chi connectivity index (χ4n) is 2.42. The molecule has 0 aliphatic carbocycles. The van der Waals surface area contributed by atoms with E-state index in [4.69, 9.17) is 10.5 Å². The summed E-state index contributed by atoms with van der Waals surface area (Å²) in [7, 11) is 0. The van der Waals surface area contributed by atoms with Crippen molar-refractivity contribution in [3.8, 4) is 0 Å². The highest BCUT2D eigenvalue weighted by molar-refractivity contribution is 6.01. The zero-order chi connectivity index (χ0) is 13.6. The van der Waals surface area contributed by atoms with Gasteiger partial charge >= 0.3 is 5.97 Å². The predicted octanol–water partition coefficient (Wildman–Crippen LogP) is 0.195. The van der Waals surface area contributed by atoms with Crippen LogP contribution in [0.5, 0.6) is 0 Å². The van der Waals surface area contributed by atoms with E-state index in [0.29, 0.717) is 11.3 Å². The molecule has 6 heteroatoms. The quantitative estimate of drug-likeness (QED) is 0.769. The second-order valence-electron chi connectivity index (χ2n) is 4.73. The van der Waals surface area contributed by atoms with Gasteiger partial charge in [0, 0.05) is 24.2 Å². The van der Waals surface area contributed by atoms with Gasteiger partial charge in [0.25, 0.3) is 0 Å². The Hall–Kier alpha value is -2.37. The molecule has 2 aliphatic rings. The van der Waals surface area contributed by atoms with Crippen molar-refractivity contribution in [1.82, 2.24) is 0 Å². The third-order valence-corrected chi connectivity index (χ3v) is 3.51. The van der Waals surface area contributed by atoms with E-state index in [2.05, 4.69) is 0 Å². The summed E-state index contributed by atoms with van der Waals surface area (Å²) < 4.78 is 4.91. The number of fused-ring (bicyclic) bond motifs is 1. The first-order chi connectivity index (χ1) is 9.06. The highest BCUT2D eigenvalue weighted by Crippen LogP contribution is 2.29. The number of carbonyl (C=O) groups is 3. The van der Waals surface area contributed by atoms with Gasteiger partial charge in [-0.2, -0.15) is 0 Å². The minimum Gasteiger partial charge on any atom is -0.457 e. The molecule has 19 heavy (non-hydrogen) atoms. The number of nitrogens with zero attached hydrogens (tertiary/aromatic N) is 1. The first kappa shape index (κ1) is 11.7. The number of cyclic esters (lactones) is 1. The standard InChI is InChI=1S/C13H12N2O4/c14-12(17)8-3-11(16)15(5-8)9-2-1-7-6-19-13(18)10(7)4-9/h1-2,4,8H,3,5-6H2,(H2,14,17). The van der Waals surface area contributed by atoms with Crippen LogP contribution in [0.25, 0.3) is 0 Å². The van der Waals surface area contributed by atoms with Crippen LogP contribution in [0, 0.1) is 5.92 Å². The van der Waals surface area contributed by atoms with Crippen LogP contribution in [-0.4, -0.2) is 24.3 Å². The first-order valence-corrected chi connectivity index (χ1v) is 5.96. The zero-order valence-corrected chi connectivity index (χ0v) is 10.1. The Labute approximate surface area is 109 Å². The van der Waals surface area contributed by atoms with Gasteiger partial charge in [-0.1, -0.05) is 6.07 Å². The molecule has 3 rings (SSSR count). The molecule has 0 radical (unpaired) electrons. The summed E-state index contributed by atoms with van der Waals surface area (Å²) in [5.41, 5.74) is 7.12. The van der Waals surface area contributed by atoms with Crippen molar-refractivity contribution < 1.29 is 19.1 Å². The minimum atomic E-state index is -0.476. The van der Waals surface area contributed by atoms with Crippen LogP contribution in [0.2, 0.25) is 0 Å². The Morgan fingerprint density at radius 2 is 2.16 bits per heavy atom. The predicted molar refractivity (Wildman–Crippen MR) is 65.2 cm³/mol. The average molecular weight is 260 g/mol. The lowest BCUT2D eigenvalue weighted by atomic mass is 10.1. The molecule has 1 fully saturated rings. The molecule has 2 amide bonds. The normalized spacial score (nSPS) is 21.5. The molecule has 1 aromatic rings. The molecule has 6 nitrogen and oxygen atoms in total. The lowest BCUT2D eigenvalue weighted by molar-refractivity contribution is -0.123. The molecule has 2 aliphatic heterocycles. The van der Waals surface area contributed by atoms with E-state index in [9.17, 15) is 14.4 Å². The molecule has 2 heterocycles. The van der Waals surface area contributed by atoms with Gasteiger partial charge < -0.3 is 15.4 Å². The van der Waals surface area contributed by atoms with Crippen molar-refractivity contribution in [2.24, 2.45) is 11.7 Å². The summed E-state index contributed by atoms with van der Waals surface area (Å²) in [6, 6.07) is 5.15. The van der Waals surface area contributed by atoms with Gasteiger partial charge in [0.2, 0.25) is 11.8 Å². The minimum absolute atomic E-state index is 0.122. The van der Waals surface area contributed by atoms with E-state index in [1.807, 2.05) is 0 Å². The topological polar surface area (TPSA) is 89.7 Å². The molecule has 1 atom stereocenters. The number of hydrogen-bond donors (Lipinski definition) is 1. The maximum atomic E-state index is 11.9. The van der Waals surface area contributed by atoms with Crippen LogP contribution >= 0.6 is 0 Å². The van der Waals surface area contributed by atoms with E-state index >= 15 is 0 Å². The van der Waals surface area contributed by atoms with E-state index in [-0.39, 0.29) is 31.4 Å². The lowest BCUT2D eigenvalue weighted by Gasteiger charge is -2.16. The van der Waals surface area contributed by atoms with E-state index in [1.165, 1.54) is 4.90 Å². The number of amides is 2. The van der Waals surface area contributed by atoms with Gasteiger partial charge in [0.1, 0.15) is 6.61 Å². The highest BCUT2D eigenvalue weighted by Gasteiger charge is 2.34. The molecule has 0 saturated carbocycles. The third-order valence-electron chi connectivity index (χ3n) is 3.51. The van der Waals surface area contributed by atoms with Crippen LogP contribution in [0.4, 0.5) is 5.69 Å². The van der Waals surface area contributed by atoms with Crippen LogP contribution < -0.4 is 10.6 Å². The third kappa shape index (κ3) is 1.85. The summed E-state index contributed by atoms with van der Waals surface area (Å²) >= 11 is 0. The monoisotopic (exact) mass is 260 g/mol. The number of anilines is 1. The fraction of sp³-hybridized carbons (Fsp3) is 0.308. The van der Waals surface area contributed by atoms with Crippen molar-refractivity contribution in [2.75, 3.05) is 11.4 Å².